The number of allylic oxidation sites excluding steroid dienone is 2. The van der Waals surface area contributed by atoms with Gasteiger partial charge < -0.3 is 16.2 Å². The van der Waals surface area contributed by atoms with Gasteiger partial charge in [0, 0.05) is 6.54 Å². The summed E-state index contributed by atoms with van der Waals surface area (Å²) in [6.45, 7) is 0.148. The van der Waals surface area contributed by atoms with E-state index < -0.39 is 24.5 Å². The third-order valence-electron chi connectivity index (χ3n) is 2.71. The molecule has 0 saturated carbocycles. The zero-order chi connectivity index (χ0) is 15.5. The lowest BCUT2D eigenvalue weighted by Gasteiger charge is -2.32. The number of aliphatic hydroxyl groups excluding tert-OH is 1. The summed E-state index contributed by atoms with van der Waals surface area (Å²) in [6, 6.07) is 0. The summed E-state index contributed by atoms with van der Waals surface area (Å²) in [6.07, 6.45) is -5.36. The smallest absolute Gasteiger partial charge is 0.377 e. The number of likely N-dealkylation sites (N-methyl/N-ethyl adjacent to an activating group) is 1. The van der Waals surface area contributed by atoms with Gasteiger partial charge in [0.05, 0.1) is 11.9 Å². The summed E-state index contributed by atoms with van der Waals surface area (Å²) < 4.78 is 37.1. The van der Waals surface area contributed by atoms with E-state index in [0.717, 1.165) is 0 Å². The van der Waals surface area contributed by atoms with Crippen molar-refractivity contribution in [3.63, 3.8) is 0 Å². The average Bonchev–Trinajstić information content (AvgIpc) is 2.34. The molecule has 0 fully saturated rings. The average molecular weight is 294 g/mol. The highest BCUT2D eigenvalue weighted by Gasteiger charge is 2.40. The number of aliphatic hydroxyl groups is 1. The summed E-state index contributed by atoms with van der Waals surface area (Å²) in [5, 5.41) is 13.9. The van der Waals surface area contributed by atoms with Gasteiger partial charge in [-0.3, -0.25) is 15.0 Å². The van der Waals surface area contributed by atoms with Crippen molar-refractivity contribution in [3.8, 4) is 0 Å². The third-order valence-corrected chi connectivity index (χ3v) is 2.71. The monoisotopic (exact) mass is 294 g/mol. The van der Waals surface area contributed by atoms with Crippen LogP contribution in [0.5, 0.6) is 0 Å². The van der Waals surface area contributed by atoms with Crippen molar-refractivity contribution in [1.82, 2.24) is 15.5 Å². The second-order valence-corrected chi connectivity index (χ2v) is 4.52. The Morgan fingerprint density at radius 1 is 1.50 bits per heavy atom. The minimum atomic E-state index is -4.76. The van der Waals surface area contributed by atoms with Crippen molar-refractivity contribution in [3.05, 3.63) is 23.4 Å². The van der Waals surface area contributed by atoms with Crippen molar-refractivity contribution in [2.24, 2.45) is 5.73 Å². The van der Waals surface area contributed by atoms with Crippen LogP contribution < -0.4 is 16.4 Å². The fraction of sp³-hybridized carbons (Fsp3) is 0.545. The molecule has 0 bridgehead atoms. The van der Waals surface area contributed by atoms with Gasteiger partial charge in [0.25, 0.3) is 5.91 Å². The van der Waals surface area contributed by atoms with Gasteiger partial charge in [0.15, 0.2) is 0 Å². The van der Waals surface area contributed by atoms with Gasteiger partial charge in [0.1, 0.15) is 0 Å². The van der Waals surface area contributed by atoms with Crippen LogP contribution in [-0.4, -0.2) is 55.1 Å². The number of carbonyl (C=O) groups excluding carboxylic acids is 1. The number of dihydropyridines is 1. The van der Waals surface area contributed by atoms with Crippen LogP contribution in [0.25, 0.3) is 0 Å². The molecule has 1 amide bonds. The number of amides is 1. The summed E-state index contributed by atoms with van der Waals surface area (Å²) in [5.41, 5.74) is 5.79. The molecule has 1 heterocycles. The molecule has 0 aliphatic carbocycles. The Labute approximate surface area is 114 Å². The normalized spacial score (nSPS) is 18.9. The van der Waals surface area contributed by atoms with Crippen LogP contribution in [0.4, 0.5) is 13.2 Å². The zero-order valence-corrected chi connectivity index (χ0v) is 11.0. The molecule has 0 saturated heterocycles. The number of rotatable bonds is 5. The van der Waals surface area contributed by atoms with Gasteiger partial charge >= 0.3 is 6.18 Å². The Kier molecular flexibility index (Phi) is 5.15. The van der Waals surface area contributed by atoms with E-state index in [1.54, 1.807) is 14.1 Å². The van der Waals surface area contributed by atoms with Crippen molar-refractivity contribution >= 4 is 5.91 Å². The van der Waals surface area contributed by atoms with Gasteiger partial charge in [0.2, 0.25) is 6.23 Å². The molecular formula is C11H17F3N4O2. The maximum atomic E-state index is 12.4. The summed E-state index contributed by atoms with van der Waals surface area (Å²) in [4.78, 5) is 12.4. The number of nitrogens with one attached hydrogen (secondary N) is 2. The molecule has 2 unspecified atom stereocenters. The molecule has 0 spiro atoms. The van der Waals surface area contributed by atoms with E-state index in [4.69, 9.17) is 10.8 Å². The number of hydrogen-bond donors (Lipinski definition) is 4. The third kappa shape index (κ3) is 4.22. The number of primary amides is 1. The van der Waals surface area contributed by atoms with Crippen LogP contribution in [0.1, 0.15) is 0 Å². The van der Waals surface area contributed by atoms with Crippen molar-refractivity contribution in [2.45, 2.75) is 18.6 Å². The Morgan fingerprint density at radius 2 is 2.10 bits per heavy atom. The second-order valence-electron chi connectivity index (χ2n) is 4.52. The first kappa shape index (κ1) is 16.5. The molecular weight excluding hydrogens is 277 g/mol. The lowest BCUT2D eigenvalue weighted by Crippen LogP contribution is -2.54. The minimum absolute atomic E-state index is 0.148. The standard InChI is InChI=1S/C11H17F3N4O2/c1-18(2)9(17-10(20)11(12,13)14)6-3-4-7(8(15)19)16-5-6/h3-4,9-10,16-17,20H,5H2,1-2H3,(H2,15,19). The minimum Gasteiger partial charge on any atom is -0.377 e. The lowest BCUT2D eigenvalue weighted by atomic mass is 10.1. The second kappa shape index (κ2) is 6.25. The number of nitrogens with zero attached hydrogens (tertiary/aromatic N) is 1. The first-order valence-electron chi connectivity index (χ1n) is 5.74. The fourth-order valence-electron chi connectivity index (χ4n) is 1.69. The summed E-state index contributed by atoms with van der Waals surface area (Å²) >= 11 is 0. The highest BCUT2D eigenvalue weighted by atomic mass is 19.4. The van der Waals surface area contributed by atoms with Crippen LogP contribution in [0, 0.1) is 0 Å². The molecule has 114 valence electrons. The predicted molar refractivity (Wildman–Crippen MR) is 66.0 cm³/mol. The van der Waals surface area contributed by atoms with Crippen molar-refractivity contribution in [2.75, 3.05) is 20.6 Å². The first-order valence-corrected chi connectivity index (χ1v) is 5.74. The quantitative estimate of drug-likeness (QED) is 0.501. The van der Waals surface area contributed by atoms with Gasteiger partial charge in [-0.2, -0.15) is 13.2 Å². The number of hydrogen-bond acceptors (Lipinski definition) is 5. The van der Waals surface area contributed by atoms with Crippen LogP contribution in [0.3, 0.4) is 0 Å². The highest BCUT2D eigenvalue weighted by Crippen LogP contribution is 2.20. The topological polar surface area (TPSA) is 90.6 Å². The summed E-state index contributed by atoms with van der Waals surface area (Å²) in [5.74, 6) is -0.648. The van der Waals surface area contributed by atoms with E-state index in [1.807, 2.05) is 0 Å². The molecule has 0 aromatic rings. The zero-order valence-electron chi connectivity index (χ0n) is 11.0. The lowest BCUT2D eigenvalue weighted by molar-refractivity contribution is -0.217. The van der Waals surface area contributed by atoms with Gasteiger partial charge in [-0.1, -0.05) is 6.08 Å². The molecule has 9 heteroatoms. The number of halogens is 3. The van der Waals surface area contributed by atoms with E-state index in [1.165, 1.54) is 17.1 Å². The number of nitrogens with two attached hydrogens (primary N) is 1. The molecule has 1 rings (SSSR count). The molecule has 6 nitrogen and oxygen atoms in total. The molecule has 20 heavy (non-hydrogen) atoms. The maximum absolute atomic E-state index is 12.4. The fourth-order valence-corrected chi connectivity index (χ4v) is 1.69. The summed E-state index contributed by atoms with van der Waals surface area (Å²) in [7, 11) is 3.13. The Hall–Kier alpha value is -1.58. The number of alkyl halides is 3. The van der Waals surface area contributed by atoms with E-state index in [9.17, 15) is 18.0 Å². The van der Waals surface area contributed by atoms with Crippen LogP contribution in [-0.2, 0) is 4.79 Å². The van der Waals surface area contributed by atoms with Crippen molar-refractivity contribution in [1.29, 1.82) is 0 Å². The number of carbonyl (C=O) groups is 1. The molecule has 5 N–H and O–H groups in total. The SMILES string of the molecule is CN(C)C(NC(O)C(F)(F)F)C1=CC=C(C(N)=O)NC1. The Morgan fingerprint density at radius 3 is 2.45 bits per heavy atom. The largest absolute Gasteiger partial charge is 0.428 e. The highest BCUT2D eigenvalue weighted by molar-refractivity contribution is 5.91. The van der Waals surface area contributed by atoms with E-state index in [-0.39, 0.29) is 12.2 Å². The first-order chi connectivity index (χ1) is 9.12. The predicted octanol–water partition coefficient (Wildman–Crippen LogP) is -0.757. The van der Waals surface area contributed by atoms with E-state index >= 15 is 0 Å². The molecule has 0 aromatic carbocycles. The Balaban J connectivity index is 2.86. The molecule has 1 aliphatic heterocycles. The van der Waals surface area contributed by atoms with Crippen molar-refractivity contribution < 1.29 is 23.1 Å². The molecule has 1 aliphatic rings. The van der Waals surface area contributed by atoms with Crippen LogP contribution >= 0.6 is 0 Å². The van der Waals surface area contributed by atoms with E-state index in [0.29, 0.717) is 5.57 Å². The van der Waals surface area contributed by atoms with Crippen LogP contribution in [0.2, 0.25) is 0 Å². The molecule has 0 aromatic heterocycles. The van der Waals surface area contributed by atoms with Crippen LogP contribution in [0.15, 0.2) is 23.4 Å². The molecule has 0 radical (unpaired) electrons. The molecule has 2 atom stereocenters. The van der Waals surface area contributed by atoms with Gasteiger partial charge in [-0.05, 0) is 25.7 Å². The Bertz CT molecular complexity index is 432. The maximum Gasteiger partial charge on any atom is 0.428 e. The van der Waals surface area contributed by atoms with Gasteiger partial charge in [-0.15, -0.1) is 0 Å². The van der Waals surface area contributed by atoms with Gasteiger partial charge in [-0.25, -0.2) is 0 Å². The van der Waals surface area contributed by atoms with E-state index in [2.05, 4.69) is 10.6 Å².